The maximum atomic E-state index is 13.2. The normalized spacial score (nSPS) is 11.0. The molecule has 0 unspecified atom stereocenters. The lowest BCUT2D eigenvalue weighted by molar-refractivity contribution is -0.118. The molecule has 0 aliphatic rings. The number of benzene rings is 3. The summed E-state index contributed by atoms with van der Waals surface area (Å²) in [7, 11) is -0.711. The molecule has 1 amide bonds. The molecule has 3 rings (SSSR count). The maximum absolute atomic E-state index is 13.2. The number of anilines is 2. The molecule has 3 aromatic rings. The second-order valence-electron chi connectivity index (χ2n) is 7.41. The van der Waals surface area contributed by atoms with Gasteiger partial charge >= 0.3 is 0 Å². The van der Waals surface area contributed by atoms with Crippen molar-refractivity contribution in [3.8, 4) is 17.2 Å². The van der Waals surface area contributed by atoms with Crippen molar-refractivity contribution in [2.45, 2.75) is 6.54 Å². The van der Waals surface area contributed by atoms with E-state index in [1.165, 1.54) is 54.9 Å². The Morgan fingerprint density at radius 2 is 1.63 bits per heavy atom. The maximum Gasteiger partial charge on any atom is 0.262 e. The van der Waals surface area contributed by atoms with Crippen molar-refractivity contribution in [1.82, 2.24) is 0 Å². The van der Waals surface area contributed by atoms with Gasteiger partial charge in [-0.05, 0) is 42.0 Å². The van der Waals surface area contributed by atoms with Crippen molar-refractivity contribution in [2.75, 3.05) is 36.7 Å². The number of ether oxygens (including phenoxy) is 3. The van der Waals surface area contributed by atoms with Crippen LogP contribution in [-0.4, -0.2) is 41.4 Å². The summed E-state index contributed by atoms with van der Waals surface area (Å²) in [5, 5.41) is 3.01. The second kappa shape index (κ2) is 11.3. The lowest BCUT2D eigenvalue weighted by atomic mass is 10.2. The first-order chi connectivity index (χ1) is 16.6. The van der Waals surface area contributed by atoms with Crippen molar-refractivity contribution < 1.29 is 31.8 Å². The highest BCUT2D eigenvalue weighted by molar-refractivity contribution is 7.92. The highest BCUT2D eigenvalue weighted by Gasteiger charge is 2.18. The number of amides is 1. The summed E-state index contributed by atoms with van der Waals surface area (Å²) in [4.78, 5) is 12.4. The van der Waals surface area contributed by atoms with Crippen LogP contribution in [-0.2, 0) is 21.4 Å². The third-order valence-corrected chi connectivity index (χ3v) is 6.32. The molecule has 8 nitrogen and oxygen atoms in total. The Kier molecular flexibility index (Phi) is 8.42. The van der Waals surface area contributed by atoms with Gasteiger partial charge in [-0.2, -0.15) is 0 Å². The van der Waals surface area contributed by atoms with Crippen LogP contribution in [0.1, 0.15) is 5.56 Å². The number of halogens is 2. The van der Waals surface area contributed by atoms with Gasteiger partial charge in [-0.1, -0.05) is 23.7 Å². The molecular formula is C24H24ClFN2O6S. The zero-order valence-corrected chi connectivity index (χ0v) is 20.8. The van der Waals surface area contributed by atoms with Crippen LogP contribution in [0.4, 0.5) is 15.8 Å². The van der Waals surface area contributed by atoms with E-state index in [0.29, 0.717) is 39.2 Å². The lowest BCUT2D eigenvalue weighted by Gasteiger charge is -2.23. The fraction of sp³-hybridized carbons (Fsp3) is 0.208. The number of sulfonamides is 1. The molecule has 11 heteroatoms. The van der Waals surface area contributed by atoms with Crippen molar-refractivity contribution in [1.29, 1.82) is 0 Å². The number of methoxy groups -OCH3 is 2. The SMILES string of the molecule is COc1cc(NC(=O)COc2ccc(N(Cc3ccc(F)cc3)S(C)(=O)=O)cc2)c(OC)cc1Cl. The van der Waals surface area contributed by atoms with Crippen LogP contribution in [0.3, 0.4) is 0 Å². The number of carbonyl (C=O) groups excluding carboxylic acids is 1. The fourth-order valence-corrected chi connectivity index (χ4v) is 4.28. The Morgan fingerprint density at radius 1 is 1.00 bits per heavy atom. The highest BCUT2D eigenvalue weighted by atomic mass is 35.5. The Bertz CT molecular complexity index is 1280. The quantitative estimate of drug-likeness (QED) is 0.422. The first-order valence-electron chi connectivity index (χ1n) is 10.3. The lowest BCUT2D eigenvalue weighted by Crippen LogP contribution is -2.29. The molecule has 0 saturated heterocycles. The van der Waals surface area contributed by atoms with Gasteiger partial charge in [0, 0.05) is 12.1 Å². The summed E-state index contributed by atoms with van der Waals surface area (Å²) in [6.07, 6.45) is 1.09. The van der Waals surface area contributed by atoms with Crippen molar-refractivity contribution in [3.63, 3.8) is 0 Å². The van der Waals surface area contributed by atoms with E-state index in [-0.39, 0.29) is 13.2 Å². The molecule has 1 N–H and O–H groups in total. The number of nitrogens with one attached hydrogen (secondary N) is 1. The Morgan fingerprint density at radius 3 is 2.20 bits per heavy atom. The molecule has 0 bridgehead atoms. The number of nitrogens with zero attached hydrogens (tertiary/aromatic N) is 1. The Hall–Kier alpha value is -3.50. The van der Waals surface area contributed by atoms with Crippen LogP contribution >= 0.6 is 11.6 Å². The molecule has 0 fully saturated rings. The number of carbonyl (C=O) groups is 1. The van der Waals surface area contributed by atoms with Gasteiger partial charge < -0.3 is 19.5 Å². The molecule has 0 aromatic heterocycles. The van der Waals surface area contributed by atoms with Crippen molar-refractivity contribution in [3.05, 3.63) is 77.1 Å². The highest BCUT2D eigenvalue weighted by Crippen LogP contribution is 2.35. The average Bonchev–Trinajstić information content (AvgIpc) is 2.83. The smallest absolute Gasteiger partial charge is 0.262 e. The molecule has 0 radical (unpaired) electrons. The minimum Gasteiger partial charge on any atom is -0.495 e. The predicted molar refractivity (Wildman–Crippen MR) is 133 cm³/mol. The minimum atomic E-state index is -3.61. The van der Waals surface area contributed by atoms with E-state index in [2.05, 4.69) is 5.32 Å². The van der Waals surface area contributed by atoms with E-state index in [1.54, 1.807) is 24.3 Å². The van der Waals surface area contributed by atoms with Gasteiger partial charge in [0.2, 0.25) is 10.0 Å². The molecule has 0 atom stereocenters. The van der Waals surface area contributed by atoms with Gasteiger partial charge in [-0.15, -0.1) is 0 Å². The predicted octanol–water partition coefficient (Wildman–Crippen LogP) is 4.48. The summed E-state index contributed by atoms with van der Waals surface area (Å²) in [5.41, 5.74) is 1.39. The molecule has 0 aliphatic heterocycles. The van der Waals surface area contributed by atoms with Crippen LogP contribution in [0.5, 0.6) is 17.2 Å². The molecule has 186 valence electrons. The molecule has 0 heterocycles. The van der Waals surface area contributed by atoms with Gasteiger partial charge in [0.15, 0.2) is 6.61 Å². The van der Waals surface area contributed by atoms with Gasteiger partial charge in [-0.3, -0.25) is 9.10 Å². The van der Waals surface area contributed by atoms with Crippen LogP contribution in [0.2, 0.25) is 5.02 Å². The third kappa shape index (κ3) is 7.00. The molecular weight excluding hydrogens is 499 g/mol. The molecule has 0 spiro atoms. The van der Waals surface area contributed by atoms with E-state index in [9.17, 15) is 17.6 Å². The Balaban J connectivity index is 1.66. The van der Waals surface area contributed by atoms with Gasteiger partial charge in [-0.25, -0.2) is 12.8 Å². The van der Waals surface area contributed by atoms with Gasteiger partial charge in [0.05, 0.1) is 43.4 Å². The zero-order valence-electron chi connectivity index (χ0n) is 19.2. The standard InChI is InChI=1S/C24H24ClFN2O6S/c1-32-22-13-21(23(33-2)12-20(22)25)27-24(29)15-34-19-10-8-18(9-11-19)28(35(3,30)31)14-16-4-6-17(26)7-5-16/h4-13H,14-15H2,1-3H3,(H,27,29). The molecule has 3 aromatic carbocycles. The van der Waals surface area contributed by atoms with E-state index < -0.39 is 21.7 Å². The number of rotatable bonds is 10. The average molecular weight is 523 g/mol. The Labute approximate surface area is 208 Å². The summed E-state index contributed by atoms with van der Waals surface area (Å²) in [6.45, 7) is -0.271. The second-order valence-corrected chi connectivity index (χ2v) is 9.73. The summed E-state index contributed by atoms with van der Waals surface area (Å²) < 4.78 is 55.0. The number of hydrogen-bond donors (Lipinski definition) is 1. The van der Waals surface area contributed by atoms with Gasteiger partial charge in [0.1, 0.15) is 23.1 Å². The topological polar surface area (TPSA) is 94.2 Å². The van der Waals surface area contributed by atoms with Crippen LogP contribution in [0.15, 0.2) is 60.7 Å². The van der Waals surface area contributed by atoms with E-state index in [0.717, 1.165) is 6.26 Å². The fourth-order valence-electron chi connectivity index (χ4n) is 3.16. The molecule has 35 heavy (non-hydrogen) atoms. The summed E-state index contributed by atoms with van der Waals surface area (Å²) in [5.74, 6) is 0.232. The minimum absolute atomic E-state index is 0.0358. The first kappa shape index (κ1) is 26.1. The zero-order chi connectivity index (χ0) is 25.6. The van der Waals surface area contributed by atoms with E-state index >= 15 is 0 Å². The van der Waals surface area contributed by atoms with Crippen LogP contribution in [0.25, 0.3) is 0 Å². The van der Waals surface area contributed by atoms with E-state index in [1.807, 2.05) is 0 Å². The van der Waals surface area contributed by atoms with Crippen LogP contribution < -0.4 is 23.8 Å². The number of hydrogen-bond acceptors (Lipinski definition) is 6. The first-order valence-corrected chi connectivity index (χ1v) is 12.5. The largest absolute Gasteiger partial charge is 0.495 e. The molecule has 0 saturated carbocycles. The van der Waals surface area contributed by atoms with Crippen molar-refractivity contribution >= 4 is 38.9 Å². The third-order valence-electron chi connectivity index (χ3n) is 4.88. The van der Waals surface area contributed by atoms with Gasteiger partial charge in [0.25, 0.3) is 5.91 Å². The monoisotopic (exact) mass is 522 g/mol. The summed E-state index contributed by atoms with van der Waals surface area (Å²) >= 11 is 6.07. The van der Waals surface area contributed by atoms with Crippen molar-refractivity contribution in [2.24, 2.45) is 0 Å². The van der Waals surface area contributed by atoms with Crippen LogP contribution in [0, 0.1) is 5.82 Å². The van der Waals surface area contributed by atoms with E-state index in [4.69, 9.17) is 25.8 Å². The molecule has 0 aliphatic carbocycles. The summed E-state index contributed by atoms with van der Waals surface area (Å²) in [6, 6.07) is 14.9.